The molecule has 2 aromatic carbocycles. The van der Waals surface area contributed by atoms with E-state index in [-0.39, 0.29) is 5.56 Å². The van der Waals surface area contributed by atoms with Gasteiger partial charge in [-0.15, -0.1) is 0 Å². The van der Waals surface area contributed by atoms with Crippen LogP contribution in [0.25, 0.3) is 28.1 Å². The second-order valence-electron chi connectivity index (χ2n) is 4.87. The summed E-state index contributed by atoms with van der Waals surface area (Å²) in [5.41, 5.74) is 1.80. The van der Waals surface area contributed by atoms with Crippen LogP contribution in [0, 0.1) is 17.5 Å². The molecule has 3 rings (SSSR count). The lowest BCUT2D eigenvalue weighted by molar-refractivity contribution is 0.449. The van der Waals surface area contributed by atoms with Gasteiger partial charge in [-0.25, -0.2) is 13.2 Å². The van der Waals surface area contributed by atoms with E-state index in [0.717, 1.165) is 17.0 Å². The van der Waals surface area contributed by atoms with Crippen molar-refractivity contribution < 1.29 is 13.2 Å². The lowest BCUT2D eigenvalue weighted by atomic mass is 9.98. The molecule has 0 spiro atoms. The van der Waals surface area contributed by atoms with Crippen molar-refractivity contribution in [2.75, 3.05) is 0 Å². The molecule has 0 unspecified atom stereocenters. The van der Waals surface area contributed by atoms with Crippen molar-refractivity contribution >= 4 is 17.0 Å². The first-order valence-corrected chi connectivity index (χ1v) is 6.77. The smallest absolute Gasteiger partial charge is 0.195 e. The molecule has 0 bridgehead atoms. The minimum atomic E-state index is -1.47. The number of halogens is 3. The number of benzene rings is 2. The first-order valence-electron chi connectivity index (χ1n) is 6.77. The van der Waals surface area contributed by atoms with Gasteiger partial charge in [0.25, 0.3) is 0 Å². The highest BCUT2D eigenvalue weighted by Gasteiger charge is 2.17. The number of allylic oxidation sites excluding steroid dienone is 1. The van der Waals surface area contributed by atoms with Crippen LogP contribution >= 0.6 is 0 Å². The van der Waals surface area contributed by atoms with E-state index < -0.39 is 17.5 Å². The van der Waals surface area contributed by atoms with Crippen LogP contribution in [0.4, 0.5) is 13.2 Å². The summed E-state index contributed by atoms with van der Waals surface area (Å²) in [7, 11) is 0. The highest BCUT2D eigenvalue weighted by molar-refractivity contribution is 5.95. The molecule has 0 saturated carbocycles. The maximum atomic E-state index is 14.1. The first-order chi connectivity index (χ1) is 10.6. The van der Waals surface area contributed by atoms with Crippen molar-refractivity contribution in [3.05, 3.63) is 71.7 Å². The Morgan fingerprint density at radius 2 is 1.77 bits per heavy atom. The third-order valence-electron chi connectivity index (χ3n) is 3.41. The number of pyridine rings is 1. The fraction of sp³-hybridized carbons (Fsp3) is 0.0556. The molecular formula is C18H12F3N. The fourth-order valence-corrected chi connectivity index (χ4v) is 2.44. The van der Waals surface area contributed by atoms with E-state index in [1.807, 2.05) is 31.2 Å². The Balaban J connectivity index is 2.37. The summed E-state index contributed by atoms with van der Waals surface area (Å²) in [5.74, 6) is -3.88. The molecule has 0 aliphatic heterocycles. The van der Waals surface area contributed by atoms with Gasteiger partial charge in [-0.1, -0.05) is 18.2 Å². The molecule has 4 heteroatoms. The summed E-state index contributed by atoms with van der Waals surface area (Å²) in [4.78, 5) is 4.25. The predicted molar refractivity (Wildman–Crippen MR) is 81.8 cm³/mol. The molecule has 0 N–H and O–H groups in total. The molecule has 0 aliphatic rings. The van der Waals surface area contributed by atoms with Crippen LogP contribution in [0.2, 0.25) is 0 Å². The van der Waals surface area contributed by atoms with Gasteiger partial charge >= 0.3 is 0 Å². The monoisotopic (exact) mass is 299 g/mol. The second kappa shape index (κ2) is 5.64. The van der Waals surface area contributed by atoms with E-state index >= 15 is 0 Å². The Bertz CT molecular complexity index is 885. The maximum Gasteiger partial charge on any atom is 0.195 e. The van der Waals surface area contributed by atoms with E-state index in [2.05, 4.69) is 4.98 Å². The van der Waals surface area contributed by atoms with Crippen molar-refractivity contribution in [2.45, 2.75) is 6.92 Å². The van der Waals surface area contributed by atoms with Gasteiger partial charge in [0.15, 0.2) is 17.5 Å². The Morgan fingerprint density at radius 3 is 2.55 bits per heavy atom. The number of rotatable bonds is 2. The van der Waals surface area contributed by atoms with Gasteiger partial charge in [0.05, 0.1) is 5.52 Å². The quantitative estimate of drug-likeness (QED) is 0.581. The van der Waals surface area contributed by atoms with Crippen molar-refractivity contribution in [1.29, 1.82) is 0 Å². The van der Waals surface area contributed by atoms with Crippen LogP contribution in [-0.4, -0.2) is 4.98 Å². The summed E-state index contributed by atoms with van der Waals surface area (Å²) in [6.07, 6.45) is 5.29. The Morgan fingerprint density at radius 1 is 0.955 bits per heavy atom. The molecule has 0 atom stereocenters. The SMILES string of the molecule is C/C=C/c1cc(-c2ccc(F)c(F)c2F)c2ncccc2c1. The molecule has 1 aromatic heterocycles. The first kappa shape index (κ1) is 14.3. The second-order valence-corrected chi connectivity index (χ2v) is 4.87. The lowest BCUT2D eigenvalue weighted by Crippen LogP contribution is -1.95. The fourth-order valence-electron chi connectivity index (χ4n) is 2.44. The zero-order valence-electron chi connectivity index (χ0n) is 11.8. The Kier molecular flexibility index (Phi) is 3.67. The summed E-state index contributed by atoms with van der Waals surface area (Å²) in [5, 5.41) is 0.803. The van der Waals surface area contributed by atoms with Crippen LogP contribution in [-0.2, 0) is 0 Å². The van der Waals surface area contributed by atoms with Crippen molar-refractivity contribution in [3.63, 3.8) is 0 Å². The maximum absolute atomic E-state index is 14.1. The molecule has 22 heavy (non-hydrogen) atoms. The van der Waals surface area contributed by atoms with Gasteiger partial charge in [0.1, 0.15) is 0 Å². The number of hydrogen-bond donors (Lipinski definition) is 0. The summed E-state index contributed by atoms with van der Waals surface area (Å²) < 4.78 is 40.8. The molecule has 0 fully saturated rings. The largest absolute Gasteiger partial charge is 0.256 e. The van der Waals surface area contributed by atoms with Crippen molar-refractivity contribution in [2.24, 2.45) is 0 Å². The zero-order chi connectivity index (χ0) is 15.7. The highest BCUT2D eigenvalue weighted by Crippen LogP contribution is 2.32. The van der Waals surface area contributed by atoms with Crippen LogP contribution in [0.5, 0.6) is 0 Å². The lowest BCUT2D eigenvalue weighted by Gasteiger charge is -2.10. The summed E-state index contributed by atoms with van der Waals surface area (Å²) >= 11 is 0. The molecule has 0 saturated heterocycles. The minimum absolute atomic E-state index is 0.00560. The standard InChI is InChI=1S/C18H12F3N/c1-2-4-11-9-12-5-3-8-22-18(12)14(10-11)13-6-7-15(19)17(21)16(13)20/h2-10H,1H3/b4-2+. The van der Waals surface area contributed by atoms with E-state index in [1.165, 1.54) is 6.07 Å². The van der Waals surface area contributed by atoms with Crippen LogP contribution in [0.1, 0.15) is 12.5 Å². The molecule has 0 amide bonds. The number of hydrogen-bond acceptors (Lipinski definition) is 1. The van der Waals surface area contributed by atoms with E-state index in [9.17, 15) is 13.2 Å². The molecule has 0 radical (unpaired) electrons. The van der Waals surface area contributed by atoms with Gasteiger partial charge in [0, 0.05) is 22.7 Å². The third kappa shape index (κ3) is 2.37. The van der Waals surface area contributed by atoms with Crippen molar-refractivity contribution in [1.82, 2.24) is 4.98 Å². The highest BCUT2D eigenvalue weighted by atomic mass is 19.2. The normalized spacial score (nSPS) is 11.5. The topological polar surface area (TPSA) is 12.9 Å². The molecule has 0 aliphatic carbocycles. The van der Waals surface area contributed by atoms with E-state index in [4.69, 9.17) is 0 Å². The van der Waals surface area contributed by atoms with E-state index in [1.54, 1.807) is 18.3 Å². The summed E-state index contributed by atoms with van der Waals surface area (Å²) in [6, 6.07) is 9.39. The van der Waals surface area contributed by atoms with Gasteiger partial charge in [-0.2, -0.15) is 0 Å². The van der Waals surface area contributed by atoms with Crippen LogP contribution in [0.15, 0.2) is 48.7 Å². The Labute approximate surface area is 125 Å². The number of aromatic nitrogens is 1. The minimum Gasteiger partial charge on any atom is -0.256 e. The van der Waals surface area contributed by atoms with Gasteiger partial charge in [0.2, 0.25) is 0 Å². The number of fused-ring (bicyclic) bond motifs is 1. The van der Waals surface area contributed by atoms with Crippen LogP contribution < -0.4 is 0 Å². The van der Waals surface area contributed by atoms with Crippen LogP contribution in [0.3, 0.4) is 0 Å². The van der Waals surface area contributed by atoms with Gasteiger partial charge in [-0.3, -0.25) is 4.98 Å². The number of nitrogens with zero attached hydrogens (tertiary/aromatic N) is 1. The molecule has 1 heterocycles. The third-order valence-corrected chi connectivity index (χ3v) is 3.41. The molecule has 110 valence electrons. The van der Waals surface area contributed by atoms with Gasteiger partial charge < -0.3 is 0 Å². The van der Waals surface area contributed by atoms with Crippen molar-refractivity contribution in [3.8, 4) is 11.1 Å². The summed E-state index contributed by atoms with van der Waals surface area (Å²) in [6.45, 7) is 1.87. The molecule has 1 nitrogen and oxygen atoms in total. The average Bonchev–Trinajstić information content (AvgIpc) is 2.53. The predicted octanol–water partition coefficient (Wildman–Crippen LogP) is 5.35. The van der Waals surface area contributed by atoms with E-state index in [0.29, 0.717) is 11.1 Å². The Hall–Kier alpha value is -2.62. The zero-order valence-corrected chi connectivity index (χ0v) is 11.8. The average molecular weight is 299 g/mol. The van der Waals surface area contributed by atoms with Gasteiger partial charge in [-0.05, 0) is 42.8 Å². The molecular weight excluding hydrogens is 287 g/mol. The molecule has 3 aromatic rings.